The minimum absolute atomic E-state index is 0.317. The van der Waals surface area contributed by atoms with E-state index in [0.717, 1.165) is 11.3 Å². The van der Waals surface area contributed by atoms with Crippen molar-refractivity contribution in [2.75, 3.05) is 7.11 Å². The SMILES string of the molecule is C=Cc1cc(C)nc(C(=O)OC)c1. The Kier molecular flexibility index (Phi) is 2.80. The summed E-state index contributed by atoms with van der Waals surface area (Å²) in [5.41, 5.74) is 1.96. The van der Waals surface area contributed by atoms with E-state index in [0.29, 0.717) is 5.69 Å². The summed E-state index contributed by atoms with van der Waals surface area (Å²) >= 11 is 0. The molecule has 0 aliphatic carbocycles. The third-order valence-electron chi connectivity index (χ3n) is 1.61. The third kappa shape index (κ3) is 2.15. The van der Waals surface area contributed by atoms with E-state index in [9.17, 15) is 4.79 Å². The topological polar surface area (TPSA) is 39.2 Å². The number of nitrogens with zero attached hydrogens (tertiary/aromatic N) is 1. The first-order chi connectivity index (χ1) is 6.17. The molecule has 13 heavy (non-hydrogen) atoms. The van der Waals surface area contributed by atoms with Gasteiger partial charge in [-0.25, -0.2) is 9.78 Å². The first kappa shape index (κ1) is 9.45. The maximum atomic E-state index is 11.1. The van der Waals surface area contributed by atoms with Gasteiger partial charge in [0.1, 0.15) is 5.69 Å². The molecule has 68 valence electrons. The fourth-order valence-corrected chi connectivity index (χ4v) is 1.02. The van der Waals surface area contributed by atoms with Crippen LogP contribution in [0.4, 0.5) is 0 Å². The summed E-state index contributed by atoms with van der Waals surface area (Å²) in [5.74, 6) is -0.424. The molecule has 1 rings (SSSR count). The van der Waals surface area contributed by atoms with Crippen molar-refractivity contribution in [2.45, 2.75) is 6.92 Å². The van der Waals surface area contributed by atoms with Crippen molar-refractivity contribution in [3.05, 3.63) is 35.7 Å². The number of carbonyl (C=O) groups is 1. The van der Waals surface area contributed by atoms with Crippen molar-refractivity contribution in [1.82, 2.24) is 4.98 Å². The van der Waals surface area contributed by atoms with E-state index in [1.165, 1.54) is 7.11 Å². The zero-order valence-corrected chi connectivity index (χ0v) is 7.70. The molecule has 0 saturated carbocycles. The van der Waals surface area contributed by atoms with Crippen LogP contribution in [0.3, 0.4) is 0 Å². The number of ether oxygens (including phenoxy) is 1. The van der Waals surface area contributed by atoms with Crippen LogP contribution < -0.4 is 0 Å². The molecule has 1 aromatic heterocycles. The summed E-state index contributed by atoms with van der Waals surface area (Å²) < 4.78 is 4.56. The predicted molar refractivity (Wildman–Crippen MR) is 50.4 cm³/mol. The van der Waals surface area contributed by atoms with Gasteiger partial charge in [-0.2, -0.15) is 0 Å². The van der Waals surface area contributed by atoms with Crippen LogP contribution in [0.2, 0.25) is 0 Å². The molecule has 1 aromatic rings. The summed E-state index contributed by atoms with van der Waals surface area (Å²) in [6.45, 7) is 5.44. The standard InChI is InChI=1S/C10H11NO2/c1-4-8-5-7(2)11-9(6-8)10(12)13-3/h4-6H,1H2,2-3H3. The monoisotopic (exact) mass is 177 g/mol. The average Bonchev–Trinajstić information content (AvgIpc) is 2.15. The maximum absolute atomic E-state index is 11.1. The molecule has 3 nitrogen and oxygen atoms in total. The van der Waals surface area contributed by atoms with Crippen LogP contribution in [0, 0.1) is 6.92 Å². The van der Waals surface area contributed by atoms with Gasteiger partial charge in [-0.1, -0.05) is 12.7 Å². The fourth-order valence-electron chi connectivity index (χ4n) is 1.02. The van der Waals surface area contributed by atoms with Gasteiger partial charge in [-0.15, -0.1) is 0 Å². The van der Waals surface area contributed by atoms with Crippen molar-refractivity contribution in [1.29, 1.82) is 0 Å². The molecule has 0 aliphatic heterocycles. The van der Waals surface area contributed by atoms with Crippen LogP contribution in [0.5, 0.6) is 0 Å². The molecule has 0 amide bonds. The van der Waals surface area contributed by atoms with Crippen LogP contribution in [0.1, 0.15) is 21.7 Å². The largest absolute Gasteiger partial charge is 0.464 e. The molecule has 0 radical (unpaired) electrons. The summed E-state index contributed by atoms with van der Waals surface area (Å²) in [6.07, 6.45) is 1.67. The Bertz CT molecular complexity index is 345. The zero-order valence-electron chi connectivity index (χ0n) is 7.70. The van der Waals surface area contributed by atoms with Crippen LogP contribution in [-0.4, -0.2) is 18.1 Å². The lowest BCUT2D eigenvalue weighted by Gasteiger charge is -2.01. The fraction of sp³-hybridized carbons (Fsp3) is 0.200. The zero-order chi connectivity index (χ0) is 9.84. The number of hydrogen-bond donors (Lipinski definition) is 0. The minimum atomic E-state index is -0.424. The van der Waals surface area contributed by atoms with Gasteiger partial charge in [0.15, 0.2) is 0 Å². The van der Waals surface area contributed by atoms with Gasteiger partial charge in [-0.3, -0.25) is 0 Å². The summed E-state index contributed by atoms with van der Waals surface area (Å²) in [7, 11) is 1.33. The minimum Gasteiger partial charge on any atom is -0.464 e. The normalized spacial score (nSPS) is 9.38. The highest BCUT2D eigenvalue weighted by Crippen LogP contribution is 2.07. The number of hydrogen-bond acceptors (Lipinski definition) is 3. The van der Waals surface area contributed by atoms with Crippen LogP contribution >= 0.6 is 0 Å². The van der Waals surface area contributed by atoms with Gasteiger partial charge < -0.3 is 4.74 Å². The molecular formula is C10H11NO2. The number of esters is 1. The van der Waals surface area contributed by atoms with Gasteiger partial charge in [0.05, 0.1) is 7.11 Å². The lowest BCUT2D eigenvalue weighted by atomic mass is 10.2. The van der Waals surface area contributed by atoms with E-state index >= 15 is 0 Å². The first-order valence-electron chi connectivity index (χ1n) is 3.87. The number of aryl methyl sites for hydroxylation is 1. The second-order valence-electron chi connectivity index (χ2n) is 2.62. The first-order valence-corrected chi connectivity index (χ1v) is 3.87. The van der Waals surface area contributed by atoms with Crippen LogP contribution in [-0.2, 0) is 4.74 Å². The number of pyridine rings is 1. The highest BCUT2D eigenvalue weighted by molar-refractivity contribution is 5.87. The van der Waals surface area contributed by atoms with Gasteiger partial charge >= 0.3 is 5.97 Å². The van der Waals surface area contributed by atoms with E-state index in [-0.39, 0.29) is 0 Å². The highest BCUT2D eigenvalue weighted by Gasteiger charge is 2.07. The quantitative estimate of drug-likeness (QED) is 0.647. The molecule has 0 unspecified atom stereocenters. The molecular weight excluding hydrogens is 166 g/mol. The lowest BCUT2D eigenvalue weighted by Crippen LogP contribution is -2.05. The molecule has 1 heterocycles. The van der Waals surface area contributed by atoms with E-state index in [2.05, 4.69) is 16.3 Å². The third-order valence-corrected chi connectivity index (χ3v) is 1.61. The summed E-state index contributed by atoms with van der Waals surface area (Å²) in [5, 5.41) is 0. The van der Waals surface area contributed by atoms with Crippen LogP contribution in [0.25, 0.3) is 6.08 Å². The summed E-state index contributed by atoms with van der Waals surface area (Å²) in [6, 6.07) is 3.49. The smallest absolute Gasteiger partial charge is 0.356 e. The molecule has 0 saturated heterocycles. The molecule has 0 aromatic carbocycles. The van der Waals surface area contributed by atoms with E-state index in [1.807, 2.05) is 13.0 Å². The second-order valence-corrected chi connectivity index (χ2v) is 2.62. The molecule has 0 atom stereocenters. The van der Waals surface area contributed by atoms with E-state index in [1.54, 1.807) is 12.1 Å². The van der Waals surface area contributed by atoms with E-state index < -0.39 is 5.97 Å². The van der Waals surface area contributed by atoms with Gasteiger partial charge in [0.25, 0.3) is 0 Å². The van der Waals surface area contributed by atoms with Crippen LogP contribution in [0.15, 0.2) is 18.7 Å². The second kappa shape index (κ2) is 3.85. The van der Waals surface area contributed by atoms with Crippen molar-refractivity contribution in [3.8, 4) is 0 Å². The van der Waals surface area contributed by atoms with E-state index in [4.69, 9.17) is 0 Å². The Morgan fingerprint density at radius 3 is 2.85 bits per heavy atom. The molecule has 0 fully saturated rings. The summed E-state index contributed by atoms with van der Waals surface area (Å²) in [4.78, 5) is 15.1. The van der Waals surface area contributed by atoms with Crippen molar-refractivity contribution in [2.24, 2.45) is 0 Å². The Morgan fingerprint density at radius 2 is 2.31 bits per heavy atom. The maximum Gasteiger partial charge on any atom is 0.356 e. The molecule has 0 bridgehead atoms. The van der Waals surface area contributed by atoms with Crippen molar-refractivity contribution >= 4 is 12.0 Å². The molecule has 0 spiro atoms. The Hall–Kier alpha value is -1.64. The Morgan fingerprint density at radius 1 is 1.62 bits per heavy atom. The van der Waals surface area contributed by atoms with Gasteiger partial charge in [-0.05, 0) is 24.6 Å². The van der Waals surface area contributed by atoms with Gasteiger partial charge in [0, 0.05) is 5.69 Å². The number of methoxy groups -OCH3 is 1. The lowest BCUT2D eigenvalue weighted by molar-refractivity contribution is 0.0593. The predicted octanol–water partition coefficient (Wildman–Crippen LogP) is 1.82. The Labute approximate surface area is 77.1 Å². The average molecular weight is 177 g/mol. The number of carbonyl (C=O) groups excluding carboxylic acids is 1. The van der Waals surface area contributed by atoms with Crippen molar-refractivity contribution < 1.29 is 9.53 Å². The number of rotatable bonds is 2. The molecule has 0 aliphatic rings. The Balaban J connectivity index is 3.15. The highest BCUT2D eigenvalue weighted by atomic mass is 16.5. The van der Waals surface area contributed by atoms with Crippen molar-refractivity contribution in [3.63, 3.8) is 0 Å². The molecule has 3 heteroatoms. The number of aromatic nitrogens is 1. The van der Waals surface area contributed by atoms with Gasteiger partial charge in [0.2, 0.25) is 0 Å². The molecule has 0 N–H and O–H groups in total.